The minimum atomic E-state index is -0.000430. The molecule has 1 aliphatic carbocycles. The lowest BCUT2D eigenvalue weighted by Crippen LogP contribution is -2.48. The second-order valence-corrected chi connectivity index (χ2v) is 7.64. The van der Waals surface area contributed by atoms with E-state index in [4.69, 9.17) is 0 Å². The van der Waals surface area contributed by atoms with Gasteiger partial charge in [-0.25, -0.2) is 0 Å². The van der Waals surface area contributed by atoms with Gasteiger partial charge in [0, 0.05) is 33.7 Å². The summed E-state index contributed by atoms with van der Waals surface area (Å²) < 4.78 is 0. The highest BCUT2D eigenvalue weighted by atomic mass is 32.1. The van der Waals surface area contributed by atoms with Gasteiger partial charge in [0.05, 0.1) is 0 Å². The molecule has 0 aliphatic heterocycles. The summed E-state index contributed by atoms with van der Waals surface area (Å²) in [7, 11) is 4.08. The second-order valence-electron chi connectivity index (χ2n) is 6.32. The molecule has 1 amide bonds. The van der Waals surface area contributed by atoms with Crippen molar-refractivity contribution in [3.63, 3.8) is 0 Å². The molecule has 2 rings (SSSR count). The first kappa shape index (κ1) is 14.5. The molecule has 106 valence electrons. The number of hydrogen-bond donors (Lipinski definition) is 1. The molecular formula is C15H24N2OS. The molecule has 3 nitrogen and oxygen atoms in total. The number of likely N-dealkylation sites (N-methyl/N-ethyl adjacent to an activating group) is 1. The Kier molecular flexibility index (Phi) is 4.02. The van der Waals surface area contributed by atoms with Gasteiger partial charge in [0.25, 0.3) is 0 Å². The zero-order valence-electron chi connectivity index (χ0n) is 12.5. The highest BCUT2D eigenvalue weighted by molar-refractivity contribution is 7.12. The molecule has 0 bridgehead atoms. The Morgan fingerprint density at radius 2 is 2.16 bits per heavy atom. The first-order chi connectivity index (χ1) is 8.81. The quantitative estimate of drug-likeness (QED) is 0.899. The molecule has 19 heavy (non-hydrogen) atoms. The number of carbonyl (C=O) groups excluding carboxylic acids is 1. The van der Waals surface area contributed by atoms with Crippen LogP contribution in [-0.2, 0) is 4.79 Å². The van der Waals surface area contributed by atoms with E-state index < -0.39 is 0 Å². The molecule has 1 aromatic rings. The van der Waals surface area contributed by atoms with Gasteiger partial charge in [0.15, 0.2) is 0 Å². The number of rotatable bonds is 5. The van der Waals surface area contributed by atoms with Crippen molar-refractivity contribution in [2.24, 2.45) is 5.92 Å². The molecule has 0 radical (unpaired) electrons. The van der Waals surface area contributed by atoms with Crippen LogP contribution in [-0.4, -0.2) is 37.0 Å². The predicted octanol–water partition coefficient (Wildman–Crippen LogP) is 2.62. The van der Waals surface area contributed by atoms with E-state index in [1.54, 1.807) is 0 Å². The predicted molar refractivity (Wildman–Crippen MR) is 80.7 cm³/mol. The Balaban J connectivity index is 1.83. The van der Waals surface area contributed by atoms with E-state index in [1.165, 1.54) is 9.75 Å². The monoisotopic (exact) mass is 280 g/mol. The van der Waals surface area contributed by atoms with Crippen molar-refractivity contribution in [3.8, 4) is 0 Å². The number of aryl methyl sites for hydroxylation is 1. The molecule has 2 atom stereocenters. The lowest BCUT2D eigenvalue weighted by Gasteiger charge is -2.32. The largest absolute Gasteiger partial charge is 0.354 e. The SMILES string of the molecule is Cc1ccc([C@H]2C[C@H]2C(=O)NCC(C)(C)N(C)C)s1. The summed E-state index contributed by atoms with van der Waals surface area (Å²) in [4.78, 5) is 17.0. The molecule has 4 heteroatoms. The Labute approximate surface area is 120 Å². The maximum atomic E-state index is 12.1. The van der Waals surface area contributed by atoms with E-state index in [9.17, 15) is 4.79 Å². The van der Waals surface area contributed by atoms with Crippen LogP contribution in [0.5, 0.6) is 0 Å². The van der Waals surface area contributed by atoms with Gasteiger partial charge in [-0.15, -0.1) is 11.3 Å². The van der Waals surface area contributed by atoms with Crippen LogP contribution in [0.25, 0.3) is 0 Å². The molecule has 0 spiro atoms. The molecule has 1 aromatic heterocycles. The third kappa shape index (κ3) is 3.37. The van der Waals surface area contributed by atoms with Crippen LogP contribution in [0.1, 0.15) is 35.9 Å². The number of nitrogens with zero attached hydrogens (tertiary/aromatic N) is 1. The number of carbonyl (C=O) groups is 1. The molecule has 0 aromatic carbocycles. The minimum Gasteiger partial charge on any atom is -0.354 e. The maximum Gasteiger partial charge on any atom is 0.223 e. The van der Waals surface area contributed by atoms with Gasteiger partial charge in [0.1, 0.15) is 0 Å². The van der Waals surface area contributed by atoms with Crippen molar-refractivity contribution >= 4 is 17.2 Å². The first-order valence-electron chi connectivity index (χ1n) is 6.83. The summed E-state index contributed by atoms with van der Waals surface area (Å²) in [5.74, 6) is 0.864. The fourth-order valence-corrected chi connectivity index (χ4v) is 3.10. The molecule has 1 aliphatic rings. The van der Waals surface area contributed by atoms with E-state index in [2.05, 4.69) is 43.1 Å². The van der Waals surface area contributed by atoms with Crippen LogP contribution in [0.2, 0.25) is 0 Å². The van der Waals surface area contributed by atoms with E-state index in [0.717, 1.165) is 6.42 Å². The third-order valence-electron chi connectivity index (χ3n) is 4.16. The van der Waals surface area contributed by atoms with Gasteiger partial charge in [-0.05, 0) is 53.4 Å². The lowest BCUT2D eigenvalue weighted by atomic mass is 10.0. The van der Waals surface area contributed by atoms with Crippen molar-refractivity contribution in [2.45, 2.75) is 38.6 Å². The lowest BCUT2D eigenvalue weighted by molar-refractivity contribution is -0.122. The molecule has 1 saturated carbocycles. The Hall–Kier alpha value is -0.870. The molecular weight excluding hydrogens is 256 g/mol. The summed E-state index contributed by atoms with van der Waals surface area (Å²) in [6.45, 7) is 7.09. The third-order valence-corrected chi connectivity index (χ3v) is 5.29. The van der Waals surface area contributed by atoms with Crippen LogP contribution in [0, 0.1) is 12.8 Å². The van der Waals surface area contributed by atoms with E-state index >= 15 is 0 Å². The minimum absolute atomic E-state index is 0.000430. The molecule has 0 saturated heterocycles. The van der Waals surface area contributed by atoms with Gasteiger partial charge < -0.3 is 10.2 Å². The number of nitrogens with one attached hydrogen (secondary N) is 1. The van der Waals surface area contributed by atoms with Crippen LogP contribution in [0.4, 0.5) is 0 Å². The summed E-state index contributed by atoms with van der Waals surface area (Å²) in [6.07, 6.45) is 1.01. The number of amides is 1. The van der Waals surface area contributed by atoms with Crippen LogP contribution in [0.3, 0.4) is 0 Å². The fraction of sp³-hybridized carbons (Fsp3) is 0.667. The Bertz CT molecular complexity index is 464. The standard InChI is InChI=1S/C15H24N2OS/c1-10-6-7-13(19-10)11-8-12(11)14(18)16-9-15(2,3)17(4)5/h6-7,11-12H,8-9H2,1-5H3,(H,16,18)/t11-,12+/m0/s1. The first-order valence-corrected chi connectivity index (χ1v) is 7.64. The van der Waals surface area contributed by atoms with Gasteiger partial charge in [-0.3, -0.25) is 4.79 Å². The summed E-state index contributed by atoms with van der Waals surface area (Å²) in [5.41, 5.74) is -0.000430. The second kappa shape index (κ2) is 5.25. The highest BCUT2D eigenvalue weighted by Crippen LogP contribution is 2.49. The molecule has 1 heterocycles. The fourth-order valence-electron chi connectivity index (χ4n) is 2.04. The number of hydrogen-bond acceptors (Lipinski definition) is 3. The zero-order chi connectivity index (χ0) is 14.2. The smallest absolute Gasteiger partial charge is 0.223 e. The average molecular weight is 280 g/mol. The van der Waals surface area contributed by atoms with E-state index in [-0.39, 0.29) is 17.4 Å². The van der Waals surface area contributed by atoms with Gasteiger partial charge in [0.2, 0.25) is 5.91 Å². The van der Waals surface area contributed by atoms with Crippen LogP contribution < -0.4 is 5.32 Å². The van der Waals surface area contributed by atoms with E-state index in [1.807, 2.05) is 25.4 Å². The van der Waals surface area contributed by atoms with E-state index in [0.29, 0.717) is 12.5 Å². The maximum absolute atomic E-state index is 12.1. The molecule has 1 fully saturated rings. The molecule has 1 N–H and O–H groups in total. The highest BCUT2D eigenvalue weighted by Gasteiger charge is 2.44. The number of thiophene rings is 1. The van der Waals surface area contributed by atoms with Crippen LogP contribution in [0.15, 0.2) is 12.1 Å². The van der Waals surface area contributed by atoms with Crippen molar-refractivity contribution in [1.82, 2.24) is 10.2 Å². The van der Waals surface area contributed by atoms with Crippen LogP contribution >= 0.6 is 11.3 Å². The van der Waals surface area contributed by atoms with Gasteiger partial charge in [-0.1, -0.05) is 0 Å². The summed E-state index contributed by atoms with van der Waals surface area (Å²) in [6, 6.07) is 4.31. The Morgan fingerprint density at radius 1 is 1.47 bits per heavy atom. The van der Waals surface area contributed by atoms with Crippen molar-refractivity contribution in [2.75, 3.05) is 20.6 Å². The van der Waals surface area contributed by atoms with Crippen molar-refractivity contribution in [1.29, 1.82) is 0 Å². The van der Waals surface area contributed by atoms with Gasteiger partial charge >= 0.3 is 0 Å². The van der Waals surface area contributed by atoms with Gasteiger partial charge in [-0.2, -0.15) is 0 Å². The summed E-state index contributed by atoms with van der Waals surface area (Å²) in [5, 5.41) is 3.10. The van der Waals surface area contributed by atoms with Crippen molar-refractivity contribution < 1.29 is 4.79 Å². The average Bonchev–Trinajstić information content (AvgIpc) is 3.02. The molecule has 0 unspecified atom stereocenters. The zero-order valence-corrected chi connectivity index (χ0v) is 13.3. The summed E-state index contributed by atoms with van der Waals surface area (Å²) >= 11 is 1.82. The normalized spacial score (nSPS) is 22.6. The topological polar surface area (TPSA) is 32.3 Å². The van der Waals surface area contributed by atoms with Crippen molar-refractivity contribution in [3.05, 3.63) is 21.9 Å². The Morgan fingerprint density at radius 3 is 2.68 bits per heavy atom.